The molecule has 7 heteroatoms. The van der Waals surface area contributed by atoms with Crippen molar-refractivity contribution in [3.05, 3.63) is 220 Å². The average Bonchev–Trinajstić information content (AvgIpc) is 3.84. The Kier molecular flexibility index (Phi) is 10.4. The van der Waals surface area contributed by atoms with Crippen molar-refractivity contribution in [2.75, 3.05) is 0 Å². The van der Waals surface area contributed by atoms with E-state index in [2.05, 4.69) is 153 Å². The van der Waals surface area contributed by atoms with Crippen molar-refractivity contribution >= 4 is 49.3 Å². The number of hydrogen-bond donors (Lipinski definition) is 0. The lowest BCUT2D eigenvalue weighted by Crippen LogP contribution is -2.04. The molecule has 0 aliphatic rings. The second-order valence-electron chi connectivity index (χ2n) is 18.6. The first-order chi connectivity index (χ1) is 33.7. The molecule has 11 rings (SSSR count). The predicted molar refractivity (Wildman–Crippen MR) is 281 cm³/mol. The van der Waals surface area contributed by atoms with Gasteiger partial charge in [-0.05, 0) is 158 Å². The molecule has 0 spiro atoms. The molecule has 4 nitrogen and oxygen atoms in total. The van der Waals surface area contributed by atoms with Gasteiger partial charge in [0.2, 0.25) is 0 Å². The fourth-order valence-corrected chi connectivity index (χ4v) is 11.2. The lowest BCUT2D eigenvalue weighted by atomic mass is 9.93. The molecule has 0 saturated carbocycles. The molecule has 0 fully saturated rings. The third-order valence-corrected chi connectivity index (χ3v) is 13.9. The first-order valence-electron chi connectivity index (χ1n) is 23.2. The van der Waals surface area contributed by atoms with Gasteiger partial charge in [0.15, 0.2) is 5.69 Å². The van der Waals surface area contributed by atoms with Gasteiger partial charge in [-0.25, -0.2) is 4.85 Å². The van der Waals surface area contributed by atoms with Crippen molar-refractivity contribution in [3.63, 3.8) is 0 Å². The van der Waals surface area contributed by atoms with Gasteiger partial charge in [0.05, 0.1) is 51.6 Å². The lowest BCUT2D eigenvalue weighted by molar-refractivity contribution is -0.137. The number of nitrogens with zero attached hydrogens (tertiary/aromatic N) is 4. The summed E-state index contributed by atoms with van der Waals surface area (Å²) in [5, 5.41) is 14.7. The number of para-hydroxylation sites is 2. The fraction of sp³-hybridized carbons (Fsp3) is 0.111. The van der Waals surface area contributed by atoms with Crippen LogP contribution < -0.4 is 0 Å². The standard InChI is InChI=1S/C63H45F3N4/c1-36-26-38(3)61(39(4)27-36)44-18-24-57-52(31-44)48-12-8-10-14-55(48)69(57)59-30-42(35-67)16-21-50(59)51-22-17-43(47-23-20-46(63(64,65)66)34-54(47)68-7)33-60(51)70-56-15-11-9-13-49(56)53-32-45(19-25-58(53)70)62-40(5)28-37(2)29-41(62)6/h8-34H,1-6H3. The third kappa shape index (κ3) is 7.13. The quantitative estimate of drug-likeness (QED) is 0.153. The molecule has 0 amide bonds. The summed E-state index contributed by atoms with van der Waals surface area (Å²) in [6, 6.07) is 56.1. The number of rotatable bonds is 6. The monoisotopic (exact) mass is 914 g/mol. The number of fused-ring (bicyclic) bond motifs is 6. The van der Waals surface area contributed by atoms with Gasteiger partial charge >= 0.3 is 6.18 Å². The number of hydrogen-bond acceptors (Lipinski definition) is 1. The molecule has 0 saturated heterocycles. The second-order valence-corrected chi connectivity index (χ2v) is 18.6. The highest BCUT2D eigenvalue weighted by Crippen LogP contribution is 2.46. The van der Waals surface area contributed by atoms with Gasteiger partial charge in [0, 0.05) is 38.2 Å². The summed E-state index contributed by atoms with van der Waals surface area (Å²) in [5.41, 5.74) is 19.4. The summed E-state index contributed by atoms with van der Waals surface area (Å²) >= 11 is 0. The van der Waals surface area contributed by atoms with E-state index in [1.807, 2.05) is 54.6 Å². The van der Waals surface area contributed by atoms with E-state index in [1.54, 1.807) is 0 Å². The van der Waals surface area contributed by atoms with Crippen LogP contribution in [0, 0.1) is 59.4 Å². The molecule has 0 atom stereocenters. The first-order valence-corrected chi connectivity index (χ1v) is 23.2. The van der Waals surface area contributed by atoms with Crippen LogP contribution in [0.1, 0.15) is 44.5 Å². The number of aromatic nitrogens is 2. The first kappa shape index (κ1) is 43.9. The van der Waals surface area contributed by atoms with E-state index < -0.39 is 11.7 Å². The van der Waals surface area contributed by atoms with E-state index in [-0.39, 0.29) is 5.69 Å². The zero-order chi connectivity index (χ0) is 48.7. The van der Waals surface area contributed by atoms with E-state index in [0.717, 1.165) is 89.4 Å². The molecule has 0 aliphatic heterocycles. The molecule has 0 N–H and O–H groups in total. The van der Waals surface area contributed by atoms with Gasteiger partial charge < -0.3 is 9.13 Å². The van der Waals surface area contributed by atoms with Crippen LogP contribution in [0.25, 0.3) is 104 Å². The van der Waals surface area contributed by atoms with Crippen LogP contribution >= 0.6 is 0 Å². The summed E-state index contributed by atoms with van der Waals surface area (Å²) in [4.78, 5) is 3.62. The Morgan fingerprint density at radius 1 is 0.457 bits per heavy atom. The molecule has 2 heterocycles. The SMILES string of the molecule is [C-]#[N+]c1cc(C(F)(F)F)ccc1-c1ccc(-c2ccc(C#N)cc2-n2c3ccccc3c3cc(-c4c(C)cc(C)cc4C)ccc32)c(-n2c3ccccc3c3cc(-c4c(C)cc(C)cc4C)ccc32)c1. The van der Waals surface area contributed by atoms with Crippen LogP contribution in [0.4, 0.5) is 18.9 Å². The maximum absolute atomic E-state index is 14.0. The zero-order valence-corrected chi connectivity index (χ0v) is 39.5. The summed E-state index contributed by atoms with van der Waals surface area (Å²) < 4.78 is 46.6. The number of nitriles is 1. The molecule has 0 unspecified atom stereocenters. The maximum Gasteiger partial charge on any atom is 0.415 e. The molecule has 9 aromatic carbocycles. The Morgan fingerprint density at radius 3 is 1.39 bits per heavy atom. The van der Waals surface area contributed by atoms with Crippen LogP contribution in [0.5, 0.6) is 0 Å². The summed E-state index contributed by atoms with van der Waals surface area (Å²) in [7, 11) is 0. The normalized spacial score (nSPS) is 11.8. The van der Waals surface area contributed by atoms with E-state index in [1.165, 1.54) is 50.6 Å². The Hall–Kier alpha value is -8.65. The molecule has 0 aliphatic carbocycles. The highest BCUT2D eigenvalue weighted by atomic mass is 19.4. The van der Waals surface area contributed by atoms with Gasteiger partial charge in [-0.1, -0.05) is 114 Å². The van der Waals surface area contributed by atoms with Crippen molar-refractivity contribution in [2.45, 2.75) is 47.7 Å². The van der Waals surface area contributed by atoms with E-state index in [9.17, 15) is 18.4 Å². The topological polar surface area (TPSA) is 38.0 Å². The summed E-state index contributed by atoms with van der Waals surface area (Å²) in [6.45, 7) is 20.9. The smallest absolute Gasteiger partial charge is 0.309 e. The van der Waals surface area contributed by atoms with Crippen LogP contribution in [-0.4, -0.2) is 9.13 Å². The van der Waals surface area contributed by atoms with Gasteiger partial charge in [-0.3, -0.25) is 0 Å². The molecular formula is C63H45F3N4. The van der Waals surface area contributed by atoms with E-state index in [4.69, 9.17) is 6.57 Å². The van der Waals surface area contributed by atoms with Crippen molar-refractivity contribution in [1.82, 2.24) is 9.13 Å². The molecule has 0 radical (unpaired) electrons. The largest absolute Gasteiger partial charge is 0.415 e. The molecule has 11 aromatic rings. The fourth-order valence-electron chi connectivity index (χ4n) is 11.2. The summed E-state index contributed by atoms with van der Waals surface area (Å²) in [6.07, 6.45) is -4.61. The Bertz CT molecular complexity index is 4050. The van der Waals surface area contributed by atoms with Crippen molar-refractivity contribution in [3.8, 4) is 62.0 Å². The van der Waals surface area contributed by atoms with Gasteiger partial charge in [0.25, 0.3) is 0 Å². The average molecular weight is 915 g/mol. The molecule has 70 heavy (non-hydrogen) atoms. The highest BCUT2D eigenvalue weighted by molar-refractivity contribution is 6.13. The minimum absolute atomic E-state index is 0.0936. The van der Waals surface area contributed by atoms with Crippen molar-refractivity contribution in [1.29, 1.82) is 5.26 Å². The second kappa shape index (κ2) is 16.5. The van der Waals surface area contributed by atoms with Crippen molar-refractivity contribution in [2.24, 2.45) is 0 Å². The van der Waals surface area contributed by atoms with Crippen LogP contribution in [0.3, 0.4) is 0 Å². The molecule has 0 bridgehead atoms. The minimum atomic E-state index is -4.61. The van der Waals surface area contributed by atoms with Gasteiger partial charge in [-0.2, -0.15) is 18.4 Å². The van der Waals surface area contributed by atoms with Crippen LogP contribution in [0.15, 0.2) is 164 Å². The minimum Gasteiger partial charge on any atom is -0.309 e. The number of halogens is 3. The Morgan fingerprint density at radius 2 is 0.900 bits per heavy atom. The van der Waals surface area contributed by atoms with Crippen LogP contribution in [0.2, 0.25) is 0 Å². The number of alkyl halides is 3. The molecular weight excluding hydrogens is 870 g/mol. The van der Waals surface area contributed by atoms with Crippen LogP contribution in [-0.2, 0) is 6.18 Å². The van der Waals surface area contributed by atoms with Gasteiger partial charge in [-0.15, -0.1) is 0 Å². The summed E-state index contributed by atoms with van der Waals surface area (Å²) in [5.74, 6) is 0. The zero-order valence-electron chi connectivity index (χ0n) is 39.5. The molecule has 2 aromatic heterocycles. The third-order valence-electron chi connectivity index (χ3n) is 13.9. The predicted octanol–water partition coefficient (Wildman–Crippen LogP) is 17.8. The number of aryl methyl sites for hydroxylation is 6. The highest BCUT2D eigenvalue weighted by Gasteiger charge is 2.31. The maximum atomic E-state index is 14.0. The van der Waals surface area contributed by atoms with E-state index in [0.29, 0.717) is 16.7 Å². The Labute approximate surface area is 404 Å². The van der Waals surface area contributed by atoms with Gasteiger partial charge in [0.1, 0.15) is 0 Å². The van der Waals surface area contributed by atoms with Crippen molar-refractivity contribution < 1.29 is 13.2 Å². The lowest BCUT2D eigenvalue weighted by Gasteiger charge is -2.20. The van der Waals surface area contributed by atoms with E-state index >= 15 is 0 Å². The Balaban J connectivity index is 1.21. The number of benzene rings is 9. The molecule has 338 valence electrons.